The van der Waals surface area contributed by atoms with Crippen molar-refractivity contribution in [2.24, 2.45) is 5.73 Å². The fourth-order valence-electron chi connectivity index (χ4n) is 2.63. The molecule has 1 aromatic rings. The van der Waals surface area contributed by atoms with E-state index in [1.165, 1.54) is 19.3 Å². The van der Waals surface area contributed by atoms with Gasteiger partial charge in [-0.3, -0.25) is 4.79 Å². The van der Waals surface area contributed by atoms with Gasteiger partial charge < -0.3 is 15.8 Å². The predicted octanol–water partition coefficient (Wildman–Crippen LogP) is 3.17. The van der Waals surface area contributed by atoms with Gasteiger partial charge in [-0.2, -0.15) is 0 Å². The van der Waals surface area contributed by atoms with Crippen LogP contribution in [0.4, 0.5) is 0 Å². The van der Waals surface area contributed by atoms with Crippen molar-refractivity contribution >= 4 is 18.3 Å². The molecule has 5 heteroatoms. The first kappa shape index (κ1) is 18.8. The van der Waals surface area contributed by atoms with Gasteiger partial charge in [0.05, 0.1) is 6.10 Å². The van der Waals surface area contributed by atoms with Crippen LogP contribution >= 0.6 is 12.4 Å². The highest BCUT2D eigenvalue weighted by molar-refractivity contribution is 5.85. The van der Waals surface area contributed by atoms with Crippen LogP contribution in [0.15, 0.2) is 24.3 Å². The van der Waals surface area contributed by atoms with Crippen LogP contribution in [0.5, 0.6) is 5.75 Å². The second-order valence-electron chi connectivity index (χ2n) is 5.98. The average molecular weight is 327 g/mol. The lowest BCUT2D eigenvalue weighted by Gasteiger charge is -2.23. The van der Waals surface area contributed by atoms with E-state index in [2.05, 4.69) is 5.32 Å². The summed E-state index contributed by atoms with van der Waals surface area (Å²) >= 11 is 0. The third kappa shape index (κ3) is 6.67. The lowest BCUT2D eigenvalue weighted by molar-refractivity contribution is -0.121. The molecule has 1 aliphatic rings. The van der Waals surface area contributed by atoms with Crippen LogP contribution in [0.1, 0.15) is 51.0 Å². The summed E-state index contributed by atoms with van der Waals surface area (Å²) in [5, 5.41) is 2.87. The maximum Gasteiger partial charge on any atom is 0.221 e. The van der Waals surface area contributed by atoms with Crippen molar-refractivity contribution in [3.8, 4) is 5.75 Å². The van der Waals surface area contributed by atoms with Crippen LogP contribution in [-0.4, -0.2) is 18.1 Å². The third-order valence-corrected chi connectivity index (χ3v) is 3.78. The number of carbonyl (C=O) groups excluding carboxylic acids is 1. The fraction of sp³-hybridized carbons (Fsp3) is 0.588. The molecule has 1 aliphatic carbocycles. The van der Waals surface area contributed by atoms with Crippen LogP contribution in [0, 0.1) is 0 Å². The number of amides is 1. The molecule has 3 N–H and O–H groups in total. The van der Waals surface area contributed by atoms with Gasteiger partial charge in [0.2, 0.25) is 5.91 Å². The van der Waals surface area contributed by atoms with Gasteiger partial charge in [-0.1, -0.05) is 18.6 Å². The van der Waals surface area contributed by atoms with Gasteiger partial charge in [-0.15, -0.1) is 12.4 Å². The summed E-state index contributed by atoms with van der Waals surface area (Å²) in [6.07, 6.45) is 6.94. The standard InChI is InChI=1S/C17H26N2O2.ClH/c1-13(18)11-17(20)19-12-14-7-9-16(10-8-14)21-15-5-3-2-4-6-15;/h7-10,13,15H,2-6,11-12,18H2,1H3,(H,19,20);1H. The number of hydrogen-bond acceptors (Lipinski definition) is 3. The molecule has 2 rings (SSSR count). The van der Waals surface area contributed by atoms with Crippen molar-refractivity contribution in [3.05, 3.63) is 29.8 Å². The normalized spacial score (nSPS) is 16.5. The molecule has 1 amide bonds. The molecule has 22 heavy (non-hydrogen) atoms. The van der Waals surface area contributed by atoms with E-state index in [1.54, 1.807) is 0 Å². The topological polar surface area (TPSA) is 64.4 Å². The summed E-state index contributed by atoms with van der Waals surface area (Å²) in [4.78, 5) is 11.5. The zero-order chi connectivity index (χ0) is 15.1. The molecule has 1 saturated carbocycles. The molecule has 1 atom stereocenters. The van der Waals surface area contributed by atoms with Gasteiger partial charge in [0, 0.05) is 19.0 Å². The predicted molar refractivity (Wildman–Crippen MR) is 91.3 cm³/mol. The van der Waals surface area contributed by atoms with E-state index in [-0.39, 0.29) is 24.4 Å². The minimum Gasteiger partial charge on any atom is -0.490 e. The Morgan fingerprint density at radius 2 is 1.91 bits per heavy atom. The molecule has 0 bridgehead atoms. The Hall–Kier alpha value is -1.26. The van der Waals surface area contributed by atoms with Crippen molar-refractivity contribution in [2.45, 2.75) is 64.1 Å². The van der Waals surface area contributed by atoms with E-state index in [1.807, 2.05) is 31.2 Å². The average Bonchev–Trinajstić information content (AvgIpc) is 2.47. The Morgan fingerprint density at radius 3 is 2.50 bits per heavy atom. The van der Waals surface area contributed by atoms with E-state index in [9.17, 15) is 4.79 Å². The van der Waals surface area contributed by atoms with Crippen LogP contribution in [0.2, 0.25) is 0 Å². The van der Waals surface area contributed by atoms with E-state index in [0.29, 0.717) is 19.1 Å². The van der Waals surface area contributed by atoms with Crippen LogP contribution in [0.25, 0.3) is 0 Å². The molecule has 0 aromatic heterocycles. The summed E-state index contributed by atoms with van der Waals surface area (Å²) in [7, 11) is 0. The van der Waals surface area contributed by atoms with Gasteiger partial charge in [-0.05, 0) is 50.3 Å². The molecule has 0 aliphatic heterocycles. The highest BCUT2D eigenvalue weighted by Gasteiger charge is 2.14. The van der Waals surface area contributed by atoms with Crippen molar-refractivity contribution < 1.29 is 9.53 Å². The Morgan fingerprint density at radius 1 is 1.27 bits per heavy atom. The van der Waals surface area contributed by atoms with Crippen molar-refractivity contribution in [1.29, 1.82) is 0 Å². The van der Waals surface area contributed by atoms with Crippen molar-refractivity contribution in [1.82, 2.24) is 5.32 Å². The minimum atomic E-state index is -0.101. The van der Waals surface area contributed by atoms with Crippen LogP contribution < -0.4 is 15.8 Å². The number of carbonyl (C=O) groups is 1. The molecule has 0 spiro atoms. The zero-order valence-corrected chi connectivity index (χ0v) is 14.0. The van der Waals surface area contributed by atoms with E-state index in [4.69, 9.17) is 10.5 Å². The first-order valence-corrected chi connectivity index (χ1v) is 7.91. The fourth-order valence-corrected chi connectivity index (χ4v) is 2.63. The van der Waals surface area contributed by atoms with Gasteiger partial charge in [0.1, 0.15) is 5.75 Å². The number of halogens is 1. The van der Waals surface area contributed by atoms with Gasteiger partial charge in [0.25, 0.3) is 0 Å². The number of nitrogens with two attached hydrogens (primary N) is 1. The summed E-state index contributed by atoms with van der Waals surface area (Å²) in [5.41, 5.74) is 6.67. The smallest absolute Gasteiger partial charge is 0.221 e. The van der Waals surface area contributed by atoms with Gasteiger partial charge in [-0.25, -0.2) is 0 Å². The molecule has 1 fully saturated rings. The van der Waals surface area contributed by atoms with Gasteiger partial charge >= 0.3 is 0 Å². The third-order valence-electron chi connectivity index (χ3n) is 3.78. The number of benzene rings is 1. The Bertz CT molecular complexity index is 442. The molecular weight excluding hydrogens is 300 g/mol. The molecule has 4 nitrogen and oxygen atoms in total. The minimum absolute atomic E-state index is 0. The number of rotatable bonds is 6. The van der Waals surface area contributed by atoms with Crippen LogP contribution in [-0.2, 0) is 11.3 Å². The monoisotopic (exact) mass is 326 g/mol. The molecule has 1 aromatic carbocycles. The summed E-state index contributed by atoms with van der Waals surface area (Å²) in [6, 6.07) is 7.88. The lowest BCUT2D eigenvalue weighted by atomic mass is 9.98. The number of hydrogen-bond donors (Lipinski definition) is 2. The van der Waals surface area contributed by atoms with Gasteiger partial charge in [0.15, 0.2) is 0 Å². The molecule has 124 valence electrons. The molecular formula is C17H27ClN2O2. The Labute approximate surface area is 139 Å². The lowest BCUT2D eigenvalue weighted by Crippen LogP contribution is -2.29. The quantitative estimate of drug-likeness (QED) is 0.844. The van der Waals surface area contributed by atoms with E-state index < -0.39 is 0 Å². The second kappa shape index (κ2) is 9.70. The first-order chi connectivity index (χ1) is 10.1. The highest BCUT2D eigenvalue weighted by Crippen LogP contribution is 2.23. The molecule has 0 saturated heterocycles. The highest BCUT2D eigenvalue weighted by atomic mass is 35.5. The zero-order valence-electron chi connectivity index (χ0n) is 13.2. The number of nitrogens with one attached hydrogen (secondary N) is 1. The Balaban J connectivity index is 0.00000242. The maximum absolute atomic E-state index is 11.5. The SMILES string of the molecule is CC(N)CC(=O)NCc1ccc(OC2CCCCC2)cc1.Cl. The largest absolute Gasteiger partial charge is 0.490 e. The molecule has 1 unspecified atom stereocenters. The van der Waals surface area contributed by atoms with E-state index >= 15 is 0 Å². The summed E-state index contributed by atoms with van der Waals surface area (Å²) < 4.78 is 5.98. The molecule has 0 radical (unpaired) electrons. The maximum atomic E-state index is 11.5. The Kier molecular flexibility index (Phi) is 8.28. The molecule has 0 heterocycles. The summed E-state index contributed by atoms with van der Waals surface area (Å²) in [6.45, 7) is 2.37. The van der Waals surface area contributed by atoms with E-state index in [0.717, 1.165) is 24.2 Å². The van der Waals surface area contributed by atoms with Crippen molar-refractivity contribution in [2.75, 3.05) is 0 Å². The second-order valence-corrected chi connectivity index (χ2v) is 5.98. The summed E-state index contributed by atoms with van der Waals surface area (Å²) in [5.74, 6) is 0.917. The first-order valence-electron chi connectivity index (χ1n) is 7.91. The van der Waals surface area contributed by atoms with Crippen molar-refractivity contribution in [3.63, 3.8) is 0 Å². The van der Waals surface area contributed by atoms with Crippen LogP contribution in [0.3, 0.4) is 0 Å². The number of ether oxygens (including phenoxy) is 1.